The summed E-state index contributed by atoms with van der Waals surface area (Å²) in [5.74, 6) is -0.655. The maximum atomic E-state index is 16.9. The fraction of sp³-hybridized carbons (Fsp3) is 0.381. The highest BCUT2D eigenvalue weighted by molar-refractivity contribution is 9.11. The molecule has 8 heteroatoms. The highest BCUT2D eigenvalue weighted by Gasteiger charge is 2.32. The molecule has 3 aromatic carbocycles. The molecule has 1 aliphatic rings. The summed E-state index contributed by atoms with van der Waals surface area (Å²) >= 11 is 10.5. The fourth-order valence-corrected chi connectivity index (χ4v) is 11.1. The average molecular weight is 837 g/mol. The van der Waals surface area contributed by atoms with E-state index in [1.807, 2.05) is 24.3 Å². The predicted molar refractivity (Wildman–Crippen MR) is 217 cm³/mol. The lowest BCUT2D eigenvalue weighted by atomic mass is 9.92. The zero-order valence-corrected chi connectivity index (χ0v) is 33.9. The molecular formula is C42H42Br2F2N2S2. The standard InChI is InChI=1S/C42H42Br2F2N2S2/c1-5-9-13-23(7-3)19-26-21-30(49-41(26)43)33-35(45)36(46)34(31-22-27(42(44)50-31)20-24(8-4)14-10-6-2)40-39(33)47-37-28-17-11-15-25-16-12-18-29(32(25)28)38(37)48-40/h11-12,15-18,21-24H,5-10,13-14,19-20H2,1-4H3. The fourth-order valence-electron chi connectivity index (χ4n) is 7.62. The molecule has 0 aliphatic heterocycles. The van der Waals surface area contributed by atoms with Crippen molar-refractivity contribution in [1.82, 2.24) is 9.97 Å². The van der Waals surface area contributed by atoms with E-state index < -0.39 is 11.6 Å². The van der Waals surface area contributed by atoms with E-state index in [2.05, 4.69) is 83.8 Å². The Labute approximate surface area is 319 Å². The van der Waals surface area contributed by atoms with Crippen LogP contribution in [0.4, 0.5) is 8.78 Å². The minimum Gasteiger partial charge on any atom is -0.243 e. The van der Waals surface area contributed by atoms with Crippen LogP contribution in [-0.2, 0) is 12.8 Å². The number of hydrogen-bond acceptors (Lipinski definition) is 4. The quantitative estimate of drug-likeness (QED) is 0.109. The first-order valence-corrected chi connectivity index (χ1v) is 21.3. The Kier molecular flexibility index (Phi) is 10.9. The summed E-state index contributed by atoms with van der Waals surface area (Å²) in [6.45, 7) is 8.91. The van der Waals surface area contributed by atoms with Gasteiger partial charge in [-0.25, -0.2) is 18.7 Å². The molecule has 0 bridgehead atoms. The summed E-state index contributed by atoms with van der Waals surface area (Å²) < 4.78 is 35.7. The van der Waals surface area contributed by atoms with Gasteiger partial charge in [-0.1, -0.05) is 115 Å². The molecule has 2 unspecified atom stereocenters. The van der Waals surface area contributed by atoms with Gasteiger partial charge in [0.1, 0.15) is 11.0 Å². The maximum Gasteiger partial charge on any atom is 0.170 e. The topological polar surface area (TPSA) is 25.8 Å². The van der Waals surface area contributed by atoms with Gasteiger partial charge in [0.25, 0.3) is 0 Å². The van der Waals surface area contributed by atoms with Gasteiger partial charge in [0.15, 0.2) is 11.6 Å². The molecule has 1 aliphatic carbocycles. The van der Waals surface area contributed by atoms with Crippen molar-refractivity contribution in [2.45, 2.75) is 91.9 Å². The minimum absolute atomic E-state index is 0.194. The van der Waals surface area contributed by atoms with Crippen LogP contribution in [0, 0.1) is 23.5 Å². The van der Waals surface area contributed by atoms with Crippen molar-refractivity contribution >= 4 is 76.3 Å². The predicted octanol–water partition coefficient (Wildman–Crippen LogP) is 15.2. The van der Waals surface area contributed by atoms with Crippen LogP contribution in [0.1, 0.15) is 90.2 Å². The smallest absolute Gasteiger partial charge is 0.170 e. The molecule has 0 amide bonds. The van der Waals surface area contributed by atoms with Gasteiger partial charge in [-0.15, -0.1) is 22.7 Å². The summed E-state index contributed by atoms with van der Waals surface area (Å²) in [6, 6.07) is 16.5. The van der Waals surface area contributed by atoms with Crippen molar-refractivity contribution in [2.75, 3.05) is 0 Å². The van der Waals surface area contributed by atoms with Crippen molar-refractivity contribution in [1.29, 1.82) is 0 Å². The van der Waals surface area contributed by atoms with Crippen LogP contribution in [0.3, 0.4) is 0 Å². The van der Waals surface area contributed by atoms with Crippen LogP contribution >= 0.6 is 54.5 Å². The highest BCUT2D eigenvalue weighted by atomic mass is 79.9. The first-order chi connectivity index (χ1) is 24.3. The van der Waals surface area contributed by atoms with Crippen LogP contribution in [-0.4, -0.2) is 9.97 Å². The zero-order chi connectivity index (χ0) is 35.1. The van der Waals surface area contributed by atoms with Gasteiger partial charge >= 0.3 is 0 Å². The van der Waals surface area contributed by atoms with E-state index >= 15 is 8.78 Å². The number of unbranched alkanes of at least 4 members (excludes halogenated alkanes) is 2. The molecule has 2 nitrogen and oxygen atoms in total. The van der Waals surface area contributed by atoms with Gasteiger partial charge in [0, 0.05) is 26.3 Å². The second-order valence-corrected chi connectivity index (χ2v) is 18.5. The number of thiophene rings is 2. The van der Waals surface area contributed by atoms with Crippen molar-refractivity contribution < 1.29 is 8.78 Å². The van der Waals surface area contributed by atoms with Crippen molar-refractivity contribution in [3.63, 3.8) is 0 Å². The summed E-state index contributed by atoms with van der Waals surface area (Å²) in [5.41, 5.74) is 6.87. The Hall–Kier alpha value is -2.52. The minimum atomic E-state index is -0.866. The molecule has 0 N–H and O–H groups in total. The number of benzene rings is 3. The number of fused-ring (bicyclic) bond motifs is 4. The van der Waals surface area contributed by atoms with E-state index in [9.17, 15) is 0 Å². The van der Waals surface area contributed by atoms with E-state index in [0.717, 1.165) is 103 Å². The molecule has 2 atom stereocenters. The number of nitrogens with zero attached hydrogens (tertiary/aromatic N) is 2. The molecule has 3 heterocycles. The second-order valence-electron chi connectivity index (χ2n) is 13.8. The number of aromatic nitrogens is 2. The summed E-state index contributed by atoms with van der Waals surface area (Å²) in [7, 11) is 0. The molecule has 260 valence electrons. The largest absolute Gasteiger partial charge is 0.243 e. The summed E-state index contributed by atoms with van der Waals surface area (Å²) in [4.78, 5) is 11.9. The molecule has 6 aromatic rings. The molecular weight excluding hydrogens is 794 g/mol. The molecule has 0 radical (unpaired) electrons. The van der Waals surface area contributed by atoms with Crippen molar-refractivity contribution in [2.24, 2.45) is 11.8 Å². The Morgan fingerprint density at radius 1 is 0.660 bits per heavy atom. The van der Waals surface area contributed by atoms with Gasteiger partial charge < -0.3 is 0 Å². The van der Waals surface area contributed by atoms with Gasteiger partial charge in [0.05, 0.1) is 30.1 Å². The monoisotopic (exact) mass is 834 g/mol. The Bertz CT molecular complexity index is 2050. The first-order valence-electron chi connectivity index (χ1n) is 18.1. The van der Waals surface area contributed by atoms with Crippen molar-refractivity contribution in [3.05, 3.63) is 78.9 Å². The third-order valence-electron chi connectivity index (χ3n) is 10.5. The molecule has 50 heavy (non-hydrogen) atoms. The number of halogens is 4. The van der Waals surface area contributed by atoms with E-state index in [1.54, 1.807) is 0 Å². The molecule has 0 fully saturated rings. The molecule has 0 spiro atoms. The van der Waals surface area contributed by atoms with Gasteiger partial charge in [-0.2, -0.15) is 0 Å². The molecule has 0 saturated carbocycles. The van der Waals surface area contributed by atoms with Crippen LogP contribution in [0.2, 0.25) is 0 Å². The van der Waals surface area contributed by atoms with Gasteiger partial charge in [-0.05, 0) is 85.2 Å². The Morgan fingerprint density at radius 3 is 1.50 bits per heavy atom. The lowest BCUT2D eigenvalue weighted by Gasteiger charge is -2.14. The second kappa shape index (κ2) is 15.2. The normalized spacial score (nSPS) is 13.4. The lowest BCUT2D eigenvalue weighted by Crippen LogP contribution is -2.03. The Balaban J connectivity index is 1.44. The molecule has 3 aromatic heterocycles. The van der Waals surface area contributed by atoms with Gasteiger partial charge in [-0.3, -0.25) is 0 Å². The Morgan fingerprint density at radius 2 is 1.10 bits per heavy atom. The van der Waals surface area contributed by atoms with Crippen LogP contribution in [0.15, 0.2) is 56.1 Å². The highest BCUT2D eigenvalue weighted by Crippen LogP contribution is 2.51. The third-order valence-corrected chi connectivity index (χ3v) is 14.5. The number of rotatable bonds is 14. The van der Waals surface area contributed by atoms with E-state index in [4.69, 9.17) is 9.97 Å². The SMILES string of the molecule is CCCCC(CC)Cc1cc(-c2c(F)c(F)c(-c3cc(CC(CC)CCCC)c(Br)s3)c3nc4c(nc23)-c2cccc3cccc-4c23)sc1Br. The van der Waals surface area contributed by atoms with Crippen molar-refractivity contribution in [3.8, 4) is 43.4 Å². The lowest BCUT2D eigenvalue weighted by molar-refractivity contribution is 0.449. The third kappa shape index (κ3) is 6.52. The molecule has 0 saturated heterocycles. The summed E-state index contributed by atoms with van der Waals surface area (Å²) in [5, 5.41) is 2.18. The average Bonchev–Trinajstić information content (AvgIpc) is 3.77. The molecule has 7 rings (SSSR count). The van der Waals surface area contributed by atoms with Gasteiger partial charge in [0.2, 0.25) is 0 Å². The van der Waals surface area contributed by atoms with Crippen LogP contribution in [0.5, 0.6) is 0 Å². The number of hydrogen-bond donors (Lipinski definition) is 0. The van der Waals surface area contributed by atoms with Crippen LogP contribution in [0.25, 0.3) is 65.2 Å². The zero-order valence-electron chi connectivity index (χ0n) is 29.1. The first kappa shape index (κ1) is 35.9. The van der Waals surface area contributed by atoms with E-state index in [0.29, 0.717) is 32.6 Å². The van der Waals surface area contributed by atoms with E-state index in [1.165, 1.54) is 35.5 Å². The summed E-state index contributed by atoms with van der Waals surface area (Å²) in [6.07, 6.45) is 11.0. The maximum absolute atomic E-state index is 16.9. The van der Waals surface area contributed by atoms with E-state index in [-0.39, 0.29) is 11.1 Å². The van der Waals surface area contributed by atoms with Crippen LogP contribution < -0.4 is 0 Å².